The van der Waals surface area contributed by atoms with E-state index in [9.17, 15) is 4.79 Å². The van der Waals surface area contributed by atoms with E-state index in [0.29, 0.717) is 5.02 Å². The van der Waals surface area contributed by atoms with E-state index < -0.39 is 0 Å². The van der Waals surface area contributed by atoms with Gasteiger partial charge >= 0.3 is 0 Å². The fourth-order valence-electron chi connectivity index (χ4n) is 2.96. The van der Waals surface area contributed by atoms with Gasteiger partial charge in [0, 0.05) is 27.9 Å². The number of nitrogens with one attached hydrogen (secondary N) is 1. The number of hydrogen-bond acceptors (Lipinski definition) is 3. The minimum atomic E-state index is 0.150. The van der Waals surface area contributed by atoms with Gasteiger partial charge in [-0.3, -0.25) is 4.79 Å². The number of carbonyl (C=O) groups is 1. The van der Waals surface area contributed by atoms with Gasteiger partial charge in [0.15, 0.2) is 5.78 Å². The molecule has 1 aliphatic rings. The number of anilines is 2. The standard InChI is InChI=1S/C19H21ClN2O/c1-22-11-9-14(10-12-22)19(23)15-3-2-4-18(13-15)21-17-7-5-16(20)6-8-17/h2-8,13-14,21H,9-12H2,1H3. The molecule has 0 bridgehead atoms. The van der Waals surface area contributed by atoms with Crippen molar-refractivity contribution in [1.29, 1.82) is 0 Å². The number of Topliss-reactive ketones (excluding diaryl/α,β-unsaturated/α-hetero) is 1. The Kier molecular flexibility index (Phi) is 4.99. The summed E-state index contributed by atoms with van der Waals surface area (Å²) in [6.07, 6.45) is 1.90. The molecule has 120 valence electrons. The first kappa shape index (κ1) is 16.0. The van der Waals surface area contributed by atoms with E-state index >= 15 is 0 Å². The van der Waals surface area contributed by atoms with Crippen LogP contribution in [0, 0.1) is 5.92 Å². The molecule has 0 amide bonds. The number of rotatable bonds is 4. The van der Waals surface area contributed by atoms with Crippen molar-refractivity contribution >= 4 is 28.8 Å². The molecule has 23 heavy (non-hydrogen) atoms. The summed E-state index contributed by atoms with van der Waals surface area (Å²) >= 11 is 5.90. The lowest BCUT2D eigenvalue weighted by Crippen LogP contribution is -2.33. The Hall–Kier alpha value is -1.84. The molecule has 1 aliphatic heterocycles. The lowest BCUT2D eigenvalue weighted by atomic mass is 9.89. The highest BCUT2D eigenvalue weighted by atomic mass is 35.5. The fourth-order valence-corrected chi connectivity index (χ4v) is 3.08. The van der Waals surface area contributed by atoms with Gasteiger partial charge in [-0.25, -0.2) is 0 Å². The first-order valence-corrected chi connectivity index (χ1v) is 8.35. The van der Waals surface area contributed by atoms with Crippen LogP contribution in [0.25, 0.3) is 0 Å². The molecule has 0 aliphatic carbocycles. The predicted molar refractivity (Wildman–Crippen MR) is 95.7 cm³/mol. The quantitative estimate of drug-likeness (QED) is 0.832. The minimum Gasteiger partial charge on any atom is -0.356 e. The molecule has 2 aromatic carbocycles. The molecule has 1 N–H and O–H groups in total. The van der Waals surface area contributed by atoms with Gasteiger partial charge in [0.1, 0.15) is 0 Å². The van der Waals surface area contributed by atoms with E-state index in [-0.39, 0.29) is 11.7 Å². The van der Waals surface area contributed by atoms with Gasteiger partial charge in [0.25, 0.3) is 0 Å². The van der Waals surface area contributed by atoms with Crippen molar-refractivity contribution < 1.29 is 4.79 Å². The van der Waals surface area contributed by atoms with Crippen LogP contribution in [0.2, 0.25) is 5.02 Å². The SMILES string of the molecule is CN1CCC(C(=O)c2cccc(Nc3ccc(Cl)cc3)c2)CC1. The smallest absolute Gasteiger partial charge is 0.166 e. The van der Waals surface area contributed by atoms with E-state index in [1.165, 1.54) is 0 Å². The van der Waals surface area contributed by atoms with Crippen LogP contribution in [-0.2, 0) is 0 Å². The molecule has 0 aromatic heterocycles. The fraction of sp³-hybridized carbons (Fsp3) is 0.316. The Morgan fingerprint density at radius 2 is 1.78 bits per heavy atom. The zero-order valence-electron chi connectivity index (χ0n) is 13.3. The molecule has 1 fully saturated rings. The second-order valence-corrected chi connectivity index (χ2v) is 6.59. The maximum atomic E-state index is 12.7. The van der Waals surface area contributed by atoms with E-state index in [2.05, 4.69) is 17.3 Å². The van der Waals surface area contributed by atoms with Crippen molar-refractivity contribution in [2.45, 2.75) is 12.8 Å². The summed E-state index contributed by atoms with van der Waals surface area (Å²) < 4.78 is 0. The van der Waals surface area contributed by atoms with Gasteiger partial charge in [0.05, 0.1) is 0 Å². The summed E-state index contributed by atoms with van der Waals surface area (Å²) in [5, 5.41) is 4.03. The minimum absolute atomic E-state index is 0.150. The van der Waals surface area contributed by atoms with Gasteiger partial charge < -0.3 is 10.2 Å². The van der Waals surface area contributed by atoms with Crippen molar-refractivity contribution in [3.05, 3.63) is 59.1 Å². The third kappa shape index (κ3) is 4.12. The van der Waals surface area contributed by atoms with Crippen molar-refractivity contribution in [1.82, 2.24) is 4.90 Å². The molecule has 0 radical (unpaired) electrons. The molecular weight excluding hydrogens is 308 g/mol. The number of ketones is 1. The van der Waals surface area contributed by atoms with Crippen LogP contribution in [-0.4, -0.2) is 30.8 Å². The lowest BCUT2D eigenvalue weighted by molar-refractivity contribution is 0.0857. The number of piperidine rings is 1. The van der Waals surface area contributed by atoms with Gasteiger partial charge in [-0.05, 0) is 69.4 Å². The van der Waals surface area contributed by atoms with Crippen molar-refractivity contribution in [3.8, 4) is 0 Å². The van der Waals surface area contributed by atoms with E-state index in [1.54, 1.807) is 0 Å². The molecule has 0 saturated carbocycles. The Bertz CT molecular complexity index is 676. The Morgan fingerprint density at radius 1 is 1.09 bits per heavy atom. The van der Waals surface area contributed by atoms with Gasteiger partial charge in [-0.2, -0.15) is 0 Å². The van der Waals surface area contributed by atoms with Crippen molar-refractivity contribution in [2.75, 3.05) is 25.5 Å². The van der Waals surface area contributed by atoms with Crippen LogP contribution in [0.4, 0.5) is 11.4 Å². The molecule has 4 heteroatoms. The molecule has 1 saturated heterocycles. The third-order valence-electron chi connectivity index (χ3n) is 4.37. The summed E-state index contributed by atoms with van der Waals surface area (Å²) in [5.41, 5.74) is 2.67. The Morgan fingerprint density at radius 3 is 2.48 bits per heavy atom. The average molecular weight is 329 g/mol. The van der Waals surface area contributed by atoms with Crippen LogP contribution in [0.3, 0.4) is 0 Å². The lowest BCUT2D eigenvalue weighted by Gasteiger charge is -2.28. The molecule has 1 heterocycles. The maximum Gasteiger partial charge on any atom is 0.166 e. The van der Waals surface area contributed by atoms with E-state index in [1.807, 2.05) is 48.5 Å². The summed E-state index contributed by atoms with van der Waals surface area (Å²) in [4.78, 5) is 15.0. The highest BCUT2D eigenvalue weighted by Crippen LogP contribution is 2.24. The van der Waals surface area contributed by atoms with Crippen LogP contribution in [0.5, 0.6) is 0 Å². The molecule has 0 atom stereocenters. The number of nitrogens with zero attached hydrogens (tertiary/aromatic N) is 1. The summed E-state index contributed by atoms with van der Waals surface area (Å²) in [7, 11) is 2.11. The summed E-state index contributed by atoms with van der Waals surface area (Å²) in [6.45, 7) is 2.00. The Labute approximate surface area is 142 Å². The zero-order chi connectivity index (χ0) is 16.2. The highest BCUT2D eigenvalue weighted by molar-refractivity contribution is 6.30. The molecule has 2 aromatic rings. The normalized spacial score (nSPS) is 16.3. The summed E-state index contributed by atoms with van der Waals surface area (Å²) in [6, 6.07) is 15.3. The van der Waals surface area contributed by atoms with Gasteiger partial charge in [0.2, 0.25) is 0 Å². The van der Waals surface area contributed by atoms with Crippen LogP contribution < -0.4 is 5.32 Å². The first-order chi connectivity index (χ1) is 11.1. The number of likely N-dealkylation sites (tertiary alicyclic amines) is 1. The van der Waals surface area contributed by atoms with Crippen LogP contribution in [0.1, 0.15) is 23.2 Å². The second-order valence-electron chi connectivity index (χ2n) is 6.15. The second kappa shape index (κ2) is 7.16. The number of halogens is 1. The molecule has 0 unspecified atom stereocenters. The number of benzene rings is 2. The maximum absolute atomic E-state index is 12.7. The Balaban J connectivity index is 1.71. The molecule has 0 spiro atoms. The monoisotopic (exact) mass is 328 g/mol. The first-order valence-electron chi connectivity index (χ1n) is 7.97. The average Bonchev–Trinajstić information content (AvgIpc) is 2.57. The highest BCUT2D eigenvalue weighted by Gasteiger charge is 2.24. The molecule has 3 rings (SSSR count). The number of hydrogen-bond donors (Lipinski definition) is 1. The zero-order valence-corrected chi connectivity index (χ0v) is 14.0. The summed E-state index contributed by atoms with van der Waals surface area (Å²) in [5.74, 6) is 0.412. The van der Waals surface area contributed by atoms with E-state index in [0.717, 1.165) is 42.9 Å². The largest absolute Gasteiger partial charge is 0.356 e. The molecule has 3 nitrogen and oxygen atoms in total. The van der Waals surface area contributed by atoms with Crippen molar-refractivity contribution in [2.24, 2.45) is 5.92 Å². The number of carbonyl (C=O) groups excluding carboxylic acids is 1. The molecular formula is C19H21ClN2O. The third-order valence-corrected chi connectivity index (χ3v) is 4.62. The van der Waals surface area contributed by atoms with Crippen LogP contribution >= 0.6 is 11.6 Å². The topological polar surface area (TPSA) is 32.3 Å². The van der Waals surface area contributed by atoms with Gasteiger partial charge in [-0.1, -0.05) is 23.7 Å². The van der Waals surface area contributed by atoms with Crippen molar-refractivity contribution in [3.63, 3.8) is 0 Å². The van der Waals surface area contributed by atoms with Gasteiger partial charge in [-0.15, -0.1) is 0 Å². The predicted octanol–water partition coefficient (Wildman–Crippen LogP) is 4.61. The van der Waals surface area contributed by atoms with E-state index in [4.69, 9.17) is 11.6 Å². The van der Waals surface area contributed by atoms with Crippen LogP contribution in [0.15, 0.2) is 48.5 Å².